The summed E-state index contributed by atoms with van der Waals surface area (Å²) in [5, 5.41) is 13.5. The first-order valence-electron chi connectivity index (χ1n) is 6.70. The van der Waals surface area contributed by atoms with Crippen molar-refractivity contribution in [3.05, 3.63) is 18.0 Å². The van der Waals surface area contributed by atoms with Gasteiger partial charge in [0.1, 0.15) is 0 Å². The average Bonchev–Trinajstić information content (AvgIpc) is 3.04. The Morgan fingerprint density at radius 3 is 3.06 bits per heavy atom. The van der Waals surface area contributed by atoms with E-state index < -0.39 is 5.97 Å². The van der Waals surface area contributed by atoms with Crippen LogP contribution in [0.1, 0.15) is 31.9 Å². The SMILES string of the molecule is CCn1nccc1CN1C2CCC1C(C(=O)O)C2. The van der Waals surface area contributed by atoms with Crippen LogP contribution in [0.25, 0.3) is 0 Å². The normalized spacial score (nSPS) is 31.1. The lowest BCUT2D eigenvalue weighted by atomic mass is 9.89. The van der Waals surface area contributed by atoms with Crippen molar-refractivity contribution in [2.75, 3.05) is 0 Å². The highest BCUT2D eigenvalue weighted by Crippen LogP contribution is 2.42. The first-order valence-corrected chi connectivity index (χ1v) is 6.70. The zero-order chi connectivity index (χ0) is 12.7. The summed E-state index contributed by atoms with van der Waals surface area (Å²) in [5.74, 6) is -0.794. The number of carbonyl (C=O) groups is 1. The molecule has 98 valence electrons. The van der Waals surface area contributed by atoms with E-state index in [2.05, 4.69) is 16.9 Å². The van der Waals surface area contributed by atoms with Crippen molar-refractivity contribution < 1.29 is 9.90 Å². The Kier molecular flexibility index (Phi) is 2.86. The fraction of sp³-hybridized carbons (Fsp3) is 0.692. The number of carboxylic acid groups (broad SMARTS) is 1. The number of aryl methyl sites for hydroxylation is 1. The monoisotopic (exact) mass is 249 g/mol. The second kappa shape index (κ2) is 4.39. The van der Waals surface area contributed by atoms with Crippen LogP contribution in [0.15, 0.2) is 12.3 Å². The Balaban J connectivity index is 1.76. The molecule has 0 spiro atoms. The lowest BCUT2D eigenvalue weighted by molar-refractivity contribution is -0.142. The Morgan fingerprint density at radius 1 is 1.56 bits per heavy atom. The topological polar surface area (TPSA) is 58.4 Å². The Morgan fingerprint density at radius 2 is 2.39 bits per heavy atom. The second-order valence-corrected chi connectivity index (χ2v) is 5.29. The van der Waals surface area contributed by atoms with Crippen molar-refractivity contribution >= 4 is 5.97 Å². The third-order valence-corrected chi connectivity index (χ3v) is 4.45. The summed E-state index contributed by atoms with van der Waals surface area (Å²) in [5.41, 5.74) is 1.19. The van der Waals surface area contributed by atoms with E-state index in [1.165, 1.54) is 5.69 Å². The van der Waals surface area contributed by atoms with Gasteiger partial charge in [-0.3, -0.25) is 14.4 Å². The standard InChI is InChI=1S/C13H19N3O2/c1-2-16-10(5-6-14-16)8-15-9-3-4-12(15)11(7-9)13(17)18/h5-6,9,11-12H,2-4,7-8H2,1H3,(H,17,18). The molecule has 2 aliphatic rings. The van der Waals surface area contributed by atoms with Gasteiger partial charge < -0.3 is 5.11 Å². The van der Waals surface area contributed by atoms with E-state index >= 15 is 0 Å². The summed E-state index contributed by atoms with van der Waals surface area (Å²) in [6.45, 7) is 3.79. The number of carboxylic acids is 1. The molecule has 2 saturated heterocycles. The summed E-state index contributed by atoms with van der Waals surface area (Å²) >= 11 is 0. The van der Waals surface area contributed by atoms with Crippen LogP contribution < -0.4 is 0 Å². The fourth-order valence-corrected chi connectivity index (χ4v) is 3.58. The molecule has 3 rings (SSSR count). The molecule has 0 amide bonds. The quantitative estimate of drug-likeness (QED) is 0.875. The van der Waals surface area contributed by atoms with Crippen LogP contribution in [0.3, 0.4) is 0 Å². The van der Waals surface area contributed by atoms with Gasteiger partial charge in [0, 0.05) is 31.4 Å². The number of nitrogens with zero attached hydrogens (tertiary/aromatic N) is 3. The summed E-state index contributed by atoms with van der Waals surface area (Å²) in [6.07, 6.45) is 4.82. The van der Waals surface area contributed by atoms with Crippen LogP contribution in [0, 0.1) is 5.92 Å². The van der Waals surface area contributed by atoms with Crippen LogP contribution in [0.5, 0.6) is 0 Å². The largest absolute Gasteiger partial charge is 0.481 e. The zero-order valence-electron chi connectivity index (χ0n) is 10.6. The number of hydrogen-bond acceptors (Lipinski definition) is 3. The molecular weight excluding hydrogens is 230 g/mol. The van der Waals surface area contributed by atoms with Gasteiger partial charge in [0.15, 0.2) is 0 Å². The molecule has 0 saturated carbocycles. The smallest absolute Gasteiger partial charge is 0.308 e. The molecule has 1 N–H and O–H groups in total. The first kappa shape index (κ1) is 11.7. The maximum absolute atomic E-state index is 11.2. The van der Waals surface area contributed by atoms with Gasteiger partial charge in [-0.15, -0.1) is 0 Å². The van der Waals surface area contributed by atoms with E-state index in [-0.39, 0.29) is 12.0 Å². The van der Waals surface area contributed by atoms with Gasteiger partial charge in [-0.2, -0.15) is 5.10 Å². The van der Waals surface area contributed by atoms with Crippen LogP contribution in [-0.4, -0.2) is 37.8 Å². The molecule has 0 radical (unpaired) electrons. The van der Waals surface area contributed by atoms with Crippen molar-refractivity contribution in [3.8, 4) is 0 Å². The van der Waals surface area contributed by atoms with E-state index in [1.54, 1.807) is 0 Å². The third-order valence-electron chi connectivity index (χ3n) is 4.45. The fourth-order valence-electron chi connectivity index (χ4n) is 3.58. The summed E-state index contributed by atoms with van der Waals surface area (Å²) < 4.78 is 1.99. The second-order valence-electron chi connectivity index (χ2n) is 5.29. The molecule has 3 atom stereocenters. The van der Waals surface area contributed by atoms with E-state index in [9.17, 15) is 9.90 Å². The Bertz CT molecular complexity index is 457. The van der Waals surface area contributed by atoms with Gasteiger partial charge in [0.05, 0.1) is 11.6 Å². The number of fused-ring (bicyclic) bond motifs is 2. The molecule has 0 aliphatic carbocycles. The molecule has 18 heavy (non-hydrogen) atoms. The van der Waals surface area contributed by atoms with Crippen LogP contribution in [-0.2, 0) is 17.9 Å². The molecule has 2 aliphatic heterocycles. The predicted octanol–water partition coefficient (Wildman–Crippen LogP) is 1.34. The highest BCUT2D eigenvalue weighted by molar-refractivity contribution is 5.71. The van der Waals surface area contributed by atoms with Crippen molar-refractivity contribution in [2.45, 2.75) is 51.4 Å². The Labute approximate surface area is 106 Å². The molecule has 3 heterocycles. The van der Waals surface area contributed by atoms with E-state index in [4.69, 9.17) is 0 Å². The van der Waals surface area contributed by atoms with Crippen molar-refractivity contribution in [3.63, 3.8) is 0 Å². The van der Waals surface area contributed by atoms with Gasteiger partial charge in [-0.05, 0) is 32.3 Å². The van der Waals surface area contributed by atoms with E-state index in [0.717, 1.165) is 32.4 Å². The summed E-state index contributed by atoms with van der Waals surface area (Å²) in [4.78, 5) is 13.6. The summed E-state index contributed by atoms with van der Waals surface area (Å²) in [6, 6.07) is 2.72. The van der Waals surface area contributed by atoms with Crippen LogP contribution >= 0.6 is 0 Å². The lowest BCUT2D eigenvalue weighted by Crippen LogP contribution is -2.33. The molecule has 1 aromatic heterocycles. The van der Waals surface area contributed by atoms with E-state index in [1.807, 2.05) is 16.9 Å². The van der Waals surface area contributed by atoms with Crippen LogP contribution in [0.2, 0.25) is 0 Å². The van der Waals surface area contributed by atoms with Gasteiger partial charge in [0.2, 0.25) is 0 Å². The highest BCUT2D eigenvalue weighted by Gasteiger charge is 2.49. The molecule has 1 aromatic rings. The predicted molar refractivity (Wildman–Crippen MR) is 66.0 cm³/mol. The molecule has 5 heteroatoms. The minimum atomic E-state index is -0.629. The third kappa shape index (κ3) is 1.73. The van der Waals surface area contributed by atoms with Gasteiger partial charge >= 0.3 is 5.97 Å². The van der Waals surface area contributed by atoms with Gasteiger partial charge in [0.25, 0.3) is 0 Å². The zero-order valence-corrected chi connectivity index (χ0v) is 10.6. The minimum Gasteiger partial charge on any atom is -0.481 e. The molecule has 2 bridgehead atoms. The molecule has 3 unspecified atom stereocenters. The Hall–Kier alpha value is -1.36. The number of rotatable bonds is 4. The molecule has 2 fully saturated rings. The number of aliphatic carboxylic acids is 1. The molecule has 0 aromatic carbocycles. The maximum Gasteiger partial charge on any atom is 0.308 e. The van der Waals surface area contributed by atoms with Crippen molar-refractivity contribution in [1.82, 2.24) is 14.7 Å². The minimum absolute atomic E-state index is 0.165. The first-order chi connectivity index (χ1) is 8.70. The van der Waals surface area contributed by atoms with Gasteiger partial charge in [-0.1, -0.05) is 0 Å². The maximum atomic E-state index is 11.2. The summed E-state index contributed by atoms with van der Waals surface area (Å²) in [7, 11) is 0. The number of aromatic nitrogens is 2. The van der Waals surface area contributed by atoms with Crippen LogP contribution in [0.4, 0.5) is 0 Å². The van der Waals surface area contributed by atoms with Gasteiger partial charge in [-0.25, -0.2) is 0 Å². The van der Waals surface area contributed by atoms with Crippen molar-refractivity contribution in [1.29, 1.82) is 0 Å². The molecular formula is C13H19N3O2. The van der Waals surface area contributed by atoms with Crippen molar-refractivity contribution in [2.24, 2.45) is 5.92 Å². The average molecular weight is 249 g/mol. The highest BCUT2D eigenvalue weighted by atomic mass is 16.4. The van der Waals surface area contributed by atoms with E-state index in [0.29, 0.717) is 6.04 Å². The molecule has 5 nitrogen and oxygen atoms in total. The number of hydrogen-bond donors (Lipinski definition) is 1. The lowest BCUT2D eigenvalue weighted by Gasteiger charge is -2.22.